The second-order valence-corrected chi connectivity index (χ2v) is 6.17. The van der Waals surface area contributed by atoms with Crippen LogP contribution in [0, 0.1) is 13.8 Å². The molecule has 0 aliphatic rings. The molecule has 0 aliphatic carbocycles. The molecule has 0 bridgehead atoms. The Balaban J connectivity index is 1.84. The lowest BCUT2D eigenvalue weighted by molar-refractivity contribution is -0.0497. The molecular weight excluding hydrogens is 348 g/mol. The summed E-state index contributed by atoms with van der Waals surface area (Å²) in [6, 6.07) is 7.66. The Morgan fingerprint density at radius 2 is 2.12 bits per heavy atom. The van der Waals surface area contributed by atoms with Crippen LogP contribution in [0.5, 0.6) is 5.75 Å². The summed E-state index contributed by atoms with van der Waals surface area (Å²) in [4.78, 5) is 16.8. The van der Waals surface area contributed by atoms with Crippen molar-refractivity contribution in [3.05, 3.63) is 58.9 Å². The van der Waals surface area contributed by atoms with Crippen molar-refractivity contribution in [1.29, 1.82) is 0 Å². The minimum Gasteiger partial charge on any atom is -0.435 e. The predicted molar refractivity (Wildman–Crippen MR) is 91.9 cm³/mol. The standard InChI is InChI=1S/C17H15F2N3O2S/c1-10-8-14(11(2)22(10)17-20-6-7-25-17)15(23)21-12-4-3-5-13(9-12)24-16(18)19/h3-9,16H,1-2H3,(H,21,23). The largest absolute Gasteiger partial charge is 0.435 e. The maximum Gasteiger partial charge on any atom is 0.387 e. The molecule has 0 radical (unpaired) electrons. The molecular formula is C17H15F2N3O2S. The van der Waals surface area contributed by atoms with E-state index in [9.17, 15) is 13.6 Å². The number of carbonyl (C=O) groups is 1. The van der Waals surface area contributed by atoms with E-state index in [-0.39, 0.29) is 11.7 Å². The molecule has 0 saturated heterocycles. The van der Waals surface area contributed by atoms with Gasteiger partial charge in [0.2, 0.25) is 0 Å². The summed E-state index contributed by atoms with van der Waals surface area (Å²) < 4.78 is 30.8. The zero-order valence-electron chi connectivity index (χ0n) is 13.5. The first kappa shape index (κ1) is 17.1. The molecule has 8 heteroatoms. The van der Waals surface area contributed by atoms with Crippen LogP contribution in [-0.2, 0) is 0 Å². The fourth-order valence-electron chi connectivity index (χ4n) is 2.56. The number of nitrogens with zero attached hydrogens (tertiary/aromatic N) is 2. The molecule has 3 rings (SSSR count). The highest BCUT2D eigenvalue weighted by Gasteiger charge is 2.18. The van der Waals surface area contributed by atoms with Crippen LogP contribution in [0.15, 0.2) is 41.9 Å². The highest BCUT2D eigenvalue weighted by molar-refractivity contribution is 7.12. The third-order valence-electron chi connectivity index (χ3n) is 3.60. The smallest absolute Gasteiger partial charge is 0.387 e. The number of rotatable bonds is 5. The number of nitrogens with one attached hydrogen (secondary N) is 1. The molecule has 1 aromatic carbocycles. The van der Waals surface area contributed by atoms with E-state index >= 15 is 0 Å². The summed E-state index contributed by atoms with van der Waals surface area (Å²) in [5.41, 5.74) is 2.51. The van der Waals surface area contributed by atoms with E-state index in [1.165, 1.54) is 29.5 Å². The van der Waals surface area contributed by atoms with Gasteiger partial charge >= 0.3 is 6.61 Å². The van der Waals surface area contributed by atoms with Crippen LogP contribution in [0.4, 0.5) is 14.5 Å². The van der Waals surface area contributed by atoms with Gasteiger partial charge in [0, 0.05) is 34.7 Å². The van der Waals surface area contributed by atoms with Crippen LogP contribution in [0.3, 0.4) is 0 Å². The Kier molecular flexibility index (Phi) is 4.80. The lowest BCUT2D eigenvalue weighted by Crippen LogP contribution is -2.13. The molecule has 0 aliphatic heterocycles. The van der Waals surface area contributed by atoms with E-state index in [1.54, 1.807) is 18.3 Å². The Bertz CT molecular complexity index is 891. The first-order chi connectivity index (χ1) is 12.0. The third kappa shape index (κ3) is 3.69. The number of carbonyl (C=O) groups excluding carboxylic acids is 1. The lowest BCUT2D eigenvalue weighted by atomic mass is 10.2. The summed E-state index contributed by atoms with van der Waals surface area (Å²) in [5.74, 6) is -0.342. The minimum absolute atomic E-state index is 0.0129. The topological polar surface area (TPSA) is 56.1 Å². The fraction of sp³-hybridized carbons (Fsp3) is 0.176. The number of amides is 1. The molecule has 0 fully saturated rings. The number of anilines is 1. The van der Waals surface area contributed by atoms with Crippen molar-refractivity contribution < 1.29 is 18.3 Å². The number of aryl methyl sites for hydroxylation is 1. The molecule has 0 unspecified atom stereocenters. The second-order valence-electron chi connectivity index (χ2n) is 5.30. The highest BCUT2D eigenvalue weighted by atomic mass is 32.1. The van der Waals surface area contributed by atoms with Crippen LogP contribution in [0.1, 0.15) is 21.7 Å². The molecule has 0 saturated carbocycles. The summed E-state index contributed by atoms with van der Waals surface area (Å²) >= 11 is 1.47. The third-order valence-corrected chi connectivity index (χ3v) is 4.36. The molecule has 5 nitrogen and oxygen atoms in total. The minimum atomic E-state index is -2.91. The summed E-state index contributed by atoms with van der Waals surface area (Å²) in [6.45, 7) is 0.810. The van der Waals surface area contributed by atoms with Crippen molar-refractivity contribution in [1.82, 2.24) is 9.55 Å². The van der Waals surface area contributed by atoms with Crippen LogP contribution in [0.2, 0.25) is 0 Å². The van der Waals surface area contributed by atoms with Crippen LogP contribution in [0.25, 0.3) is 5.13 Å². The van der Waals surface area contributed by atoms with Gasteiger partial charge in [-0.15, -0.1) is 11.3 Å². The summed E-state index contributed by atoms with van der Waals surface area (Å²) in [5, 5.41) is 5.35. The number of benzene rings is 1. The van der Waals surface area contributed by atoms with Crippen molar-refractivity contribution in [3.63, 3.8) is 0 Å². The molecule has 1 N–H and O–H groups in total. The zero-order chi connectivity index (χ0) is 18.0. The number of thiazole rings is 1. The number of hydrogen-bond acceptors (Lipinski definition) is 4. The fourth-order valence-corrected chi connectivity index (χ4v) is 3.31. The highest BCUT2D eigenvalue weighted by Crippen LogP contribution is 2.24. The maximum absolute atomic E-state index is 12.6. The molecule has 3 aromatic rings. The zero-order valence-corrected chi connectivity index (χ0v) is 14.3. The SMILES string of the molecule is Cc1cc(C(=O)Nc2cccc(OC(F)F)c2)c(C)n1-c1nccs1. The normalized spacial score (nSPS) is 10.9. The number of aromatic nitrogens is 2. The molecule has 2 heterocycles. The predicted octanol–water partition coefficient (Wildman–Crippen LogP) is 4.40. The van der Waals surface area contributed by atoms with Crippen LogP contribution in [-0.4, -0.2) is 22.1 Å². The molecule has 25 heavy (non-hydrogen) atoms. The van der Waals surface area contributed by atoms with Gasteiger partial charge in [-0.2, -0.15) is 8.78 Å². The van der Waals surface area contributed by atoms with Gasteiger partial charge in [0.25, 0.3) is 5.91 Å². The monoisotopic (exact) mass is 363 g/mol. The maximum atomic E-state index is 12.6. The average Bonchev–Trinajstić information content (AvgIpc) is 3.15. The Morgan fingerprint density at radius 1 is 1.32 bits per heavy atom. The molecule has 130 valence electrons. The van der Waals surface area contributed by atoms with Gasteiger partial charge in [-0.3, -0.25) is 9.36 Å². The number of hydrogen-bond donors (Lipinski definition) is 1. The van der Waals surface area contributed by atoms with Crippen molar-refractivity contribution in [3.8, 4) is 10.9 Å². The number of ether oxygens (including phenoxy) is 1. The van der Waals surface area contributed by atoms with Gasteiger partial charge in [-0.05, 0) is 32.0 Å². The van der Waals surface area contributed by atoms with Crippen molar-refractivity contribution in [2.24, 2.45) is 0 Å². The molecule has 2 aromatic heterocycles. The van der Waals surface area contributed by atoms with Gasteiger partial charge in [-0.25, -0.2) is 4.98 Å². The van der Waals surface area contributed by atoms with Gasteiger partial charge in [-0.1, -0.05) is 6.07 Å². The van der Waals surface area contributed by atoms with E-state index in [2.05, 4.69) is 15.0 Å². The lowest BCUT2D eigenvalue weighted by Gasteiger charge is -2.09. The Labute approximate surface area is 146 Å². The van der Waals surface area contributed by atoms with Crippen molar-refractivity contribution in [2.45, 2.75) is 20.5 Å². The second kappa shape index (κ2) is 7.02. The quantitative estimate of drug-likeness (QED) is 0.731. The molecule has 0 spiro atoms. The van der Waals surface area contributed by atoms with Gasteiger partial charge in [0.15, 0.2) is 5.13 Å². The number of alkyl halides is 2. The molecule has 1 amide bonds. The summed E-state index contributed by atoms with van der Waals surface area (Å²) in [7, 11) is 0. The van der Waals surface area contributed by atoms with Gasteiger partial charge in [0.05, 0.1) is 5.56 Å². The van der Waals surface area contributed by atoms with Crippen LogP contribution >= 0.6 is 11.3 Å². The van der Waals surface area contributed by atoms with E-state index in [1.807, 2.05) is 23.8 Å². The molecule has 0 atom stereocenters. The average molecular weight is 363 g/mol. The first-order valence-electron chi connectivity index (χ1n) is 7.40. The van der Waals surface area contributed by atoms with E-state index in [4.69, 9.17) is 0 Å². The Hall–Kier alpha value is -2.74. The van der Waals surface area contributed by atoms with Crippen LogP contribution < -0.4 is 10.1 Å². The van der Waals surface area contributed by atoms with Crippen molar-refractivity contribution >= 4 is 22.9 Å². The van der Waals surface area contributed by atoms with E-state index in [0.717, 1.165) is 16.5 Å². The number of halogens is 2. The first-order valence-corrected chi connectivity index (χ1v) is 8.28. The van der Waals surface area contributed by atoms with Crippen molar-refractivity contribution in [2.75, 3.05) is 5.32 Å². The van der Waals surface area contributed by atoms with E-state index < -0.39 is 6.61 Å². The van der Waals surface area contributed by atoms with Gasteiger partial charge in [0.1, 0.15) is 5.75 Å². The Morgan fingerprint density at radius 3 is 2.80 bits per heavy atom. The van der Waals surface area contributed by atoms with Gasteiger partial charge < -0.3 is 10.1 Å². The van der Waals surface area contributed by atoms with E-state index in [0.29, 0.717) is 11.3 Å². The summed E-state index contributed by atoms with van der Waals surface area (Å²) in [6.07, 6.45) is 1.70.